The summed E-state index contributed by atoms with van der Waals surface area (Å²) in [5.41, 5.74) is 1.84. The van der Waals surface area contributed by atoms with Crippen LogP contribution in [0.1, 0.15) is 19.0 Å². The van der Waals surface area contributed by atoms with Crippen LogP contribution in [0, 0.1) is 0 Å². The Hall–Kier alpha value is -1.16. The topological polar surface area (TPSA) is 36.4 Å². The fourth-order valence-corrected chi connectivity index (χ4v) is 2.42. The number of halogens is 1. The Morgan fingerprint density at radius 3 is 2.79 bits per heavy atom. The van der Waals surface area contributed by atoms with E-state index in [0.717, 1.165) is 36.1 Å². The number of para-hydroxylation sites is 1. The summed E-state index contributed by atoms with van der Waals surface area (Å²) in [6.45, 7) is 4.69. The summed E-state index contributed by atoms with van der Waals surface area (Å²) in [6, 6.07) is 9.88. The van der Waals surface area contributed by atoms with Crippen molar-refractivity contribution < 1.29 is 5.11 Å². The van der Waals surface area contributed by atoms with Crippen molar-refractivity contribution in [2.24, 2.45) is 0 Å². The first-order valence-electron chi connectivity index (χ1n) is 6.62. The standard InChI is InChI=1S/C15H19ClN2O/c1-2-8-18(9-10-19)11-13-7-6-12-4-3-5-14(16)15(12)17-13/h3-7,19H,2,8-11H2,1H3. The molecule has 1 aromatic carbocycles. The molecule has 3 nitrogen and oxygen atoms in total. The molecule has 0 spiro atoms. The third kappa shape index (κ3) is 3.66. The lowest BCUT2D eigenvalue weighted by molar-refractivity contribution is 0.189. The second kappa shape index (κ2) is 6.85. The van der Waals surface area contributed by atoms with Gasteiger partial charge in [0.25, 0.3) is 0 Å². The molecule has 0 amide bonds. The highest BCUT2D eigenvalue weighted by molar-refractivity contribution is 6.35. The lowest BCUT2D eigenvalue weighted by Gasteiger charge is -2.20. The Morgan fingerprint density at radius 2 is 2.05 bits per heavy atom. The van der Waals surface area contributed by atoms with Crippen molar-refractivity contribution in [2.45, 2.75) is 19.9 Å². The highest BCUT2D eigenvalue weighted by atomic mass is 35.5. The van der Waals surface area contributed by atoms with Crippen LogP contribution < -0.4 is 0 Å². The van der Waals surface area contributed by atoms with E-state index in [9.17, 15) is 0 Å². The molecule has 0 aliphatic rings. The maximum Gasteiger partial charge on any atom is 0.0891 e. The van der Waals surface area contributed by atoms with Crippen molar-refractivity contribution >= 4 is 22.5 Å². The van der Waals surface area contributed by atoms with Crippen molar-refractivity contribution in [1.29, 1.82) is 0 Å². The Balaban J connectivity index is 2.22. The number of fused-ring (bicyclic) bond motifs is 1. The number of rotatable bonds is 6. The molecule has 2 rings (SSSR count). The second-order valence-corrected chi connectivity index (χ2v) is 5.02. The van der Waals surface area contributed by atoms with Gasteiger partial charge < -0.3 is 5.11 Å². The summed E-state index contributed by atoms with van der Waals surface area (Å²) in [6.07, 6.45) is 1.06. The highest BCUT2D eigenvalue weighted by Crippen LogP contribution is 2.21. The van der Waals surface area contributed by atoms with Gasteiger partial charge in [0, 0.05) is 18.5 Å². The molecule has 0 saturated heterocycles. The number of aliphatic hydroxyl groups is 1. The van der Waals surface area contributed by atoms with Crippen LogP contribution in [0.5, 0.6) is 0 Å². The van der Waals surface area contributed by atoms with Crippen LogP contribution in [0.4, 0.5) is 0 Å². The molecule has 0 bridgehead atoms. The van der Waals surface area contributed by atoms with Gasteiger partial charge in [0.15, 0.2) is 0 Å². The summed E-state index contributed by atoms with van der Waals surface area (Å²) >= 11 is 6.17. The second-order valence-electron chi connectivity index (χ2n) is 4.61. The number of benzene rings is 1. The average molecular weight is 279 g/mol. The summed E-state index contributed by atoms with van der Waals surface area (Å²) < 4.78 is 0. The molecular weight excluding hydrogens is 260 g/mol. The van der Waals surface area contributed by atoms with E-state index in [1.165, 1.54) is 0 Å². The van der Waals surface area contributed by atoms with Gasteiger partial charge in [0.2, 0.25) is 0 Å². The number of aromatic nitrogens is 1. The maximum absolute atomic E-state index is 9.07. The lowest BCUT2D eigenvalue weighted by Crippen LogP contribution is -2.27. The zero-order valence-electron chi connectivity index (χ0n) is 11.1. The van der Waals surface area contributed by atoms with Gasteiger partial charge in [-0.3, -0.25) is 4.90 Å². The van der Waals surface area contributed by atoms with E-state index in [1.54, 1.807) is 0 Å². The molecule has 0 aliphatic carbocycles. The molecule has 0 saturated carbocycles. The predicted molar refractivity (Wildman–Crippen MR) is 79.4 cm³/mol. The monoisotopic (exact) mass is 278 g/mol. The first-order chi connectivity index (χ1) is 9.24. The molecule has 0 aliphatic heterocycles. The third-order valence-electron chi connectivity index (χ3n) is 3.07. The SMILES string of the molecule is CCCN(CCO)Cc1ccc2cccc(Cl)c2n1. The molecule has 0 unspecified atom stereocenters. The number of aliphatic hydroxyl groups excluding tert-OH is 1. The zero-order chi connectivity index (χ0) is 13.7. The number of hydrogen-bond acceptors (Lipinski definition) is 3. The molecule has 0 atom stereocenters. The number of nitrogens with zero attached hydrogens (tertiary/aromatic N) is 2. The van der Waals surface area contributed by atoms with Crippen molar-refractivity contribution in [3.63, 3.8) is 0 Å². The van der Waals surface area contributed by atoms with Crippen molar-refractivity contribution in [3.8, 4) is 0 Å². The fourth-order valence-electron chi connectivity index (χ4n) is 2.20. The van der Waals surface area contributed by atoms with Crippen molar-refractivity contribution in [1.82, 2.24) is 9.88 Å². The first kappa shape index (κ1) is 14.3. The van der Waals surface area contributed by atoms with Gasteiger partial charge in [-0.1, -0.05) is 36.7 Å². The molecule has 102 valence electrons. The maximum atomic E-state index is 9.07. The van der Waals surface area contributed by atoms with Gasteiger partial charge in [-0.2, -0.15) is 0 Å². The average Bonchev–Trinajstić information content (AvgIpc) is 2.40. The molecule has 4 heteroatoms. The minimum absolute atomic E-state index is 0.175. The largest absolute Gasteiger partial charge is 0.395 e. The summed E-state index contributed by atoms with van der Waals surface area (Å²) in [4.78, 5) is 6.82. The Morgan fingerprint density at radius 1 is 1.21 bits per heavy atom. The molecular formula is C15H19ClN2O. The molecule has 0 fully saturated rings. The van der Waals surface area contributed by atoms with E-state index in [2.05, 4.69) is 16.8 Å². The fraction of sp³-hybridized carbons (Fsp3) is 0.400. The quantitative estimate of drug-likeness (QED) is 0.882. The van der Waals surface area contributed by atoms with Crippen LogP contribution in [-0.2, 0) is 6.54 Å². The van der Waals surface area contributed by atoms with Crippen LogP contribution in [0.3, 0.4) is 0 Å². The van der Waals surface area contributed by atoms with E-state index >= 15 is 0 Å². The minimum Gasteiger partial charge on any atom is -0.395 e. The Bertz CT molecular complexity index is 539. The Kier molecular flexibility index (Phi) is 5.14. The van der Waals surface area contributed by atoms with E-state index in [0.29, 0.717) is 11.6 Å². The molecule has 19 heavy (non-hydrogen) atoms. The molecule has 0 radical (unpaired) electrons. The van der Waals surface area contributed by atoms with E-state index in [4.69, 9.17) is 16.7 Å². The van der Waals surface area contributed by atoms with Crippen LogP contribution >= 0.6 is 11.6 Å². The molecule has 1 heterocycles. The van der Waals surface area contributed by atoms with Crippen molar-refractivity contribution in [3.05, 3.63) is 41.0 Å². The predicted octanol–water partition coefficient (Wildman–Crippen LogP) is 3.09. The third-order valence-corrected chi connectivity index (χ3v) is 3.38. The van der Waals surface area contributed by atoms with Crippen LogP contribution in [0.15, 0.2) is 30.3 Å². The molecule has 1 N–H and O–H groups in total. The summed E-state index contributed by atoms with van der Waals surface area (Å²) in [5, 5.41) is 10.8. The van der Waals surface area contributed by atoms with Crippen molar-refractivity contribution in [2.75, 3.05) is 19.7 Å². The lowest BCUT2D eigenvalue weighted by atomic mass is 10.2. The number of pyridine rings is 1. The minimum atomic E-state index is 0.175. The van der Waals surface area contributed by atoms with Gasteiger partial charge in [-0.15, -0.1) is 0 Å². The van der Waals surface area contributed by atoms with Crippen LogP contribution in [-0.4, -0.2) is 34.7 Å². The van der Waals surface area contributed by atoms with E-state index in [1.807, 2.05) is 30.3 Å². The smallest absolute Gasteiger partial charge is 0.0891 e. The van der Waals surface area contributed by atoms with Gasteiger partial charge in [-0.05, 0) is 25.1 Å². The first-order valence-corrected chi connectivity index (χ1v) is 6.99. The molecule has 2 aromatic rings. The zero-order valence-corrected chi connectivity index (χ0v) is 11.9. The van der Waals surface area contributed by atoms with Gasteiger partial charge in [-0.25, -0.2) is 4.98 Å². The highest BCUT2D eigenvalue weighted by Gasteiger charge is 2.07. The summed E-state index contributed by atoms with van der Waals surface area (Å²) in [7, 11) is 0. The van der Waals surface area contributed by atoms with Gasteiger partial charge >= 0.3 is 0 Å². The van der Waals surface area contributed by atoms with E-state index < -0.39 is 0 Å². The van der Waals surface area contributed by atoms with Gasteiger partial charge in [0.1, 0.15) is 0 Å². The normalized spacial score (nSPS) is 11.4. The Labute approximate surface area is 118 Å². The van der Waals surface area contributed by atoms with Crippen LogP contribution in [0.2, 0.25) is 5.02 Å². The number of hydrogen-bond donors (Lipinski definition) is 1. The molecule has 1 aromatic heterocycles. The van der Waals surface area contributed by atoms with Crippen LogP contribution in [0.25, 0.3) is 10.9 Å². The van der Waals surface area contributed by atoms with E-state index in [-0.39, 0.29) is 6.61 Å². The van der Waals surface area contributed by atoms with Gasteiger partial charge in [0.05, 0.1) is 22.8 Å². The summed E-state index contributed by atoms with van der Waals surface area (Å²) in [5.74, 6) is 0.